The molecule has 0 atom stereocenters. The predicted octanol–water partition coefficient (Wildman–Crippen LogP) is 1.98. The number of nitrogens with two attached hydrogens (primary N) is 1. The van der Waals surface area contributed by atoms with Crippen LogP contribution in [-0.2, 0) is 20.7 Å². The van der Waals surface area contributed by atoms with Gasteiger partial charge in [-0.2, -0.15) is 8.42 Å². The minimum atomic E-state index is -3.70. The van der Waals surface area contributed by atoms with Crippen molar-refractivity contribution in [1.82, 2.24) is 4.98 Å². The summed E-state index contributed by atoms with van der Waals surface area (Å²) in [7, 11) is -3.70. The summed E-state index contributed by atoms with van der Waals surface area (Å²) >= 11 is 1.32. The molecule has 0 fully saturated rings. The molecule has 5 nitrogen and oxygen atoms in total. The highest BCUT2D eigenvalue weighted by Crippen LogP contribution is 2.15. The Morgan fingerprint density at radius 1 is 1.32 bits per heavy atom. The summed E-state index contributed by atoms with van der Waals surface area (Å²) in [5, 5.41) is 2.26. The fourth-order valence-corrected chi connectivity index (χ4v) is 2.97. The zero-order valence-electron chi connectivity index (χ0n) is 10.4. The summed E-state index contributed by atoms with van der Waals surface area (Å²) in [6.07, 6.45) is 0.415. The van der Waals surface area contributed by atoms with E-state index in [4.69, 9.17) is 9.92 Å². The second-order valence-electron chi connectivity index (χ2n) is 4.02. The molecule has 0 aliphatic carbocycles. The van der Waals surface area contributed by atoms with Gasteiger partial charge in [0.1, 0.15) is 0 Å². The second kappa shape index (κ2) is 5.68. The van der Waals surface area contributed by atoms with Gasteiger partial charge in [-0.3, -0.25) is 4.18 Å². The first-order chi connectivity index (χ1) is 8.97. The number of thiazole rings is 1. The Hall–Kier alpha value is -1.44. The Bertz CT molecular complexity index is 648. The molecule has 0 unspecified atom stereocenters. The van der Waals surface area contributed by atoms with Crippen molar-refractivity contribution in [2.45, 2.75) is 18.2 Å². The molecule has 0 bridgehead atoms. The smallest absolute Gasteiger partial charge is 0.296 e. The fraction of sp³-hybridized carbons (Fsp3) is 0.250. The van der Waals surface area contributed by atoms with Gasteiger partial charge in [-0.15, -0.1) is 11.3 Å². The molecule has 1 aromatic carbocycles. The van der Waals surface area contributed by atoms with Gasteiger partial charge in [-0.1, -0.05) is 17.7 Å². The number of rotatable bonds is 5. The van der Waals surface area contributed by atoms with Crippen molar-refractivity contribution in [1.29, 1.82) is 0 Å². The van der Waals surface area contributed by atoms with E-state index in [2.05, 4.69) is 4.98 Å². The lowest BCUT2D eigenvalue weighted by atomic mass is 10.2. The average Bonchev–Trinajstić information content (AvgIpc) is 2.75. The monoisotopic (exact) mass is 298 g/mol. The van der Waals surface area contributed by atoms with Crippen molar-refractivity contribution in [2.24, 2.45) is 0 Å². The first-order valence-electron chi connectivity index (χ1n) is 5.63. The van der Waals surface area contributed by atoms with Gasteiger partial charge in [0.05, 0.1) is 17.2 Å². The van der Waals surface area contributed by atoms with Crippen molar-refractivity contribution < 1.29 is 12.6 Å². The molecule has 102 valence electrons. The van der Waals surface area contributed by atoms with E-state index in [1.165, 1.54) is 23.5 Å². The Balaban J connectivity index is 1.96. The van der Waals surface area contributed by atoms with Crippen LogP contribution in [0.4, 0.5) is 5.13 Å². The van der Waals surface area contributed by atoms with E-state index >= 15 is 0 Å². The number of anilines is 1. The lowest BCUT2D eigenvalue weighted by Crippen LogP contribution is -2.09. The van der Waals surface area contributed by atoms with Crippen molar-refractivity contribution in [2.75, 3.05) is 12.3 Å². The summed E-state index contributed by atoms with van der Waals surface area (Å²) in [5.74, 6) is 0. The first kappa shape index (κ1) is 14.0. The molecule has 0 saturated heterocycles. The molecule has 2 aromatic rings. The SMILES string of the molecule is Cc1ccc(S(=O)(=O)OCCc2csc(N)n2)cc1. The summed E-state index contributed by atoms with van der Waals surface area (Å²) in [5.41, 5.74) is 7.22. The average molecular weight is 298 g/mol. The van der Waals surface area contributed by atoms with E-state index in [0.717, 1.165) is 11.3 Å². The summed E-state index contributed by atoms with van der Waals surface area (Å²) in [6.45, 7) is 1.95. The lowest BCUT2D eigenvalue weighted by molar-refractivity contribution is 0.321. The Labute approximate surface area is 116 Å². The molecule has 0 saturated carbocycles. The van der Waals surface area contributed by atoms with E-state index in [9.17, 15) is 8.42 Å². The summed E-state index contributed by atoms with van der Waals surface area (Å²) < 4.78 is 28.7. The van der Waals surface area contributed by atoms with Gasteiger partial charge >= 0.3 is 0 Å². The third-order valence-corrected chi connectivity index (χ3v) is 4.53. The van der Waals surface area contributed by atoms with Gasteiger partial charge < -0.3 is 5.73 Å². The summed E-state index contributed by atoms with van der Waals surface area (Å²) in [4.78, 5) is 4.20. The normalized spacial score (nSPS) is 11.6. The van der Waals surface area contributed by atoms with E-state index < -0.39 is 10.1 Å². The number of nitrogen functional groups attached to an aromatic ring is 1. The topological polar surface area (TPSA) is 82.3 Å². The van der Waals surface area contributed by atoms with E-state index in [-0.39, 0.29) is 11.5 Å². The van der Waals surface area contributed by atoms with Crippen LogP contribution in [0.5, 0.6) is 0 Å². The highest BCUT2D eigenvalue weighted by atomic mass is 32.2. The van der Waals surface area contributed by atoms with Crippen LogP contribution in [0.15, 0.2) is 34.5 Å². The van der Waals surface area contributed by atoms with Crippen LogP contribution >= 0.6 is 11.3 Å². The molecule has 0 aliphatic rings. The zero-order chi connectivity index (χ0) is 13.9. The predicted molar refractivity (Wildman–Crippen MR) is 74.5 cm³/mol. The minimum absolute atomic E-state index is 0.0549. The van der Waals surface area contributed by atoms with Crippen molar-refractivity contribution in [3.05, 3.63) is 40.9 Å². The zero-order valence-corrected chi connectivity index (χ0v) is 12.0. The van der Waals surface area contributed by atoms with Crippen molar-refractivity contribution in [3.8, 4) is 0 Å². The molecule has 0 amide bonds. The van der Waals surface area contributed by atoms with Crippen LogP contribution in [0, 0.1) is 6.92 Å². The molecule has 19 heavy (non-hydrogen) atoms. The van der Waals surface area contributed by atoms with Crippen LogP contribution in [-0.4, -0.2) is 20.0 Å². The van der Waals surface area contributed by atoms with Crippen LogP contribution in [0.25, 0.3) is 0 Å². The second-order valence-corrected chi connectivity index (χ2v) is 6.52. The molecule has 2 rings (SSSR count). The fourth-order valence-electron chi connectivity index (χ4n) is 1.47. The van der Waals surface area contributed by atoms with Crippen LogP contribution in [0.2, 0.25) is 0 Å². The van der Waals surface area contributed by atoms with Gasteiger partial charge in [0.15, 0.2) is 5.13 Å². The maximum Gasteiger partial charge on any atom is 0.296 e. The standard InChI is InChI=1S/C12H14N2O3S2/c1-9-2-4-11(5-3-9)19(15,16)17-7-6-10-8-18-12(13)14-10/h2-5,8H,6-7H2,1H3,(H2,13,14). The number of benzene rings is 1. The van der Waals surface area contributed by atoms with Gasteiger partial charge in [0, 0.05) is 11.8 Å². The number of hydrogen-bond donors (Lipinski definition) is 1. The van der Waals surface area contributed by atoms with Crippen LogP contribution in [0.1, 0.15) is 11.3 Å². The molecule has 1 aromatic heterocycles. The molecule has 0 spiro atoms. The third-order valence-electron chi connectivity index (χ3n) is 2.48. The van der Waals surface area contributed by atoms with E-state index in [0.29, 0.717) is 11.6 Å². The molecule has 0 aliphatic heterocycles. The maximum absolute atomic E-state index is 11.9. The number of hydrogen-bond acceptors (Lipinski definition) is 6. The largest absolute Gasteiger partial charge is 0.375 e. The molecule has 0 radical (unpaired) electrons. The first-order valence-corrected chi connectivity index (χ1v) is 7.92. The third kappa shape index (κ3) is 3.76. The lowest BCUT2D eigenvalue weighted by Gasteiger charge is -2.05. The van der Waals surface area contributed by atoms with Gasteiger partial charge in [-0.25, -0.2) is 4.98 Å². The van der Waals surface area contributed by atoms with Gasteiger partial charge in [-0.05, 0) is 19.1 Å². The highest BCUT2D eigenvalue weighted by Gasteiger charge is 2.14. The number of aromatic nitrogens is 1. The van der Waals surface area contributed by atoms with E-state index in [1.807, 2.05) is 6.92 Å². The van der Waals surface area contributed by atoms with E-state index in [1.54, 1.807) is 17.5 Å². The Morgan fingerprint density at radius 2 is 2.00 bits per heavy atom. The maximum atomic E-state index is 11.9. The van der Waals surface area contributed by atoms with Crippen LogP contribution < -0.4 is 5.73 Å². The van der Waals surface area contributed by atoms with Gasteiger partial charge in [0.25, 0.3) is 10.1 Å². The number of nitrogens with zero attached hydrogens (tertiary/aromatic N) is 1. The number of aryl methyl sites for hydroxylation is 1. The summed E-state index contributed by atoms with van der Waals surface area (Å²) in [6, 6.07) is 6.53. The van der Waals surface area contributed by atoms with Crippen LogP contribution in [0.3, 0.4) is 0 Å². The quantitative estimate of drug-likeness (QED) is 0.853. The van der Waals surface area contributed by atoms with Crippen molar-refractivity contribution in [3.63, 3.8) is 0 Å². The molecular formula is C12H14N2O3S2. The Morgan fingerprint density at radius 3 is 2.58 bits per heavy atom. The van der Waals surface area contributed by atoms with Gasteiger partial charge in [0.2, 0.25) is 0 Å². The minimum Gasteiger partial charge on any atom is -0.375 e. The molecule has 7 heteroatoms. The Kier molecular flexibility index (Phi) is 4.18. The highest BCUT2D eigenvalue weighted by molar-refractivity contribution is 7.86. The molecular weight excluding hydrogens is 284 g/mol. The molecule has 1 heterocycles. The van der Waals surface area contributed by atoms with Crippen molar-refractivity contribution >= 4 is 26.6 Å². The molecule has 2 N–H and O–H groups in total.